The molecule has 120 valence electrons. The van der Waals surface area contributed by atoms with E-state index >= 15 is 0 Å². The molecule has 22 heavy (non-hydrogen) atoms. The summed E-state index contributed by atoms with van der Waals surface area (Å²) < 4.78 is 33.9. The number of carbonyl (C=O) groups excluding carboxylic acids is 1. The summed E-state index contributed by atoms with van der Waals surface area (Å²) in [5, 5.41) is 0. The Morgan fingerprint density at radius 1 is 1.36 bits per heavy atom. The van der Waals surface area contributed by atoms with Gasteiger partial charge in [0.05, 0.1) is 11.3 Å². The highest BCUT2D eigenvalue weighted by Crippen LogP contribution is 2.33. The maximum absolute atomic E-state index is 14.4. The van der Waals surface area contributed by atoms with Crippen LogP contribution in [0.15, 0.2) is 18.2 Å². The number of carbonyl (C=O) groups is 1. The van der Waals surface area contributed by atoms with Gasteiger partial charge < -0.3 is 9.64 Å². The molecule has 0 aliphatic carbocycles. The third-order valence-corrected chi connectivity index (χ3v) is 3.93. The molecule has 0 bridgehead atoms. The lowest BCUT2D eigenvalue weighted by molar-refractivity contribution is -0.131. The molecule has 2 rings (SSSR count). The molecule has 0 saturated carbocycles. The average molecular weight is 327 g/mol. The maximum atomic E-state index is 14.4. The zero-order chi connectivity index (χ0) is 16.3. The molecule has 1 aliphatic heterocycles. The highest BCUT2D eigenvalue weighted by molar-refractivity contribution is 7.98. The third-order valence-electron chi connectivity index (χ3n) is 3.57. The van der Waals surface area contributed by atoms with E-state index in [0.29, 0.717) is 24.6 Å². The van der Waals surface area contributed by atoms with Crippen LogP contribution in [0, 0.1) is 17.6 Å². The Kier molecular flexibility index (Phi) is 5.45. The molecule has 0 N–H and O–H groups in total. The first-order chi connectivity index (χ1) is 10.5. The van der Waals surface area contributed by atoms with Crippen molar-refractivity contribution in [2.75, 3.05) is 18.7 Å². The summed E-state index contributed by atoms with van der Waals surface area (Å²) in [4.78, 5) is 13.6. The maximum Gasteiger partial charge on any atom is 0.230 e. The van der Waals surface area contributed by atoms with Crippen molar-refractivity contribution in [1.82, 2.24) is 4.90 Å². The normalized spacial score (nSPS) is 18.4. The topological polar surface area (TPSA) is 29.5 Å². The number of hydrogen-bond donors (Lipinski definition) is 0. The van der Waals surface area contributed by atoms with Gasteiger partial charge in [0.1, 0.15) is 23.3 Å². The Balaban J connectivity index is 2.41. The standard InChI is InChI=1S/C16H19F2NO2S/c1-4-19-14(6-5-10(2)16(19)20)15-12(17)7-11(8-13(15)18)21-9-22-3/h6-8,10H,4-5,9H2,1-3H3. The average Bonchev–Trinajstić information content (AvgIpc) is 2.48. The number of amides is 1. The number of allylic oxidation sites excluding steroid dienone is 1. The fourth-order valence-corrected chi connectivity index (χ4v) is 2.71. The van der Waals surface area contributed by atoms with E-state index in [9.17, 15) is 13.6 Å². The monoisotopic (exact) mass is 327 g/mol. The number of hydrogen-bond acceptors (Lipinski definition) is 3. The van der Waals surface area contributed by atoms with Gasteiger partial charge in [0.2, 0.25) is 5.91 Å². The Bertz CT molecular complexity index is 581. The second kappa shape index (κ2) is 7.13. The van der Waals surface area contributed by atoms with Crippen LogP contribution in [0.25, 0.3) is 5.70 Å². The highest BCUT2D eigenvalue weighted by Gasteiger charge is 2.30. The van der Waals surface area contributed by atoms with Crippen molar-refractivity contribution in [3.63, 3.8) is 0 Å². The van der Waals surface area contributed by atoms with Crippen LogP contribution in [-0.2, 0) is 4.79 Å². The smallest absolute Gasteiger partial charge is 0.230 e. The molecule has 1 aromatic carbocycles. The van der Waals surface area contributed by atoms with E-state index < -0.39 is 11.6 Å². The molecule has 1 unspecified atom stereocenters. The van der Waals surface area contributed by atoms with Crippen molar-refractivity contribution >= 4 is 23.4 Å². The predicted molar refractivity (Wildman–Crippen MR) is 84.5 cm³/mol. The molecule has 3 nitrogen and oxygen atoms in total. The molecule has 1 aromatic rings. The summed E-state index contributed by atoms with van der Waals surface area (Å²) in [6, 6.07) is 2.32. The van der Waals surface area contributed by atoms with Crippen LogP contribution in [0.3, 0.4) is 0 Å². The molecule has 1 amide bonds. The van der Waals surface area contributed by atoms with Crippen LogP contribution in [-0.4, -0.2) is 29.5 Å². The first kappa shape index (κ1) is 16.8. The zero-order valence-electron chi connectivity index (χ0n) is 12.9. The third kappa shape index (κ3) is 3.27. The predicted octanol–water partition coefficient (Wildman–Crippen LogP) is 3.89. The van der Waals surface area contributed by atoms with Crippen LogP contribution >= 0.6 is 11.8 Å². The SMILES string of the molecule is CCN1C(=O)C(C)CC=C1c1c(F)cc(OCSC)cc1F. The van der Waals surface area contributed by atoms with Crippen molar-refractivity contribution in [3.05, 3.63) is 35.4 Å². The van der Waals surface area contributed by atoms with Gasteiger partial charge in [0.25, 0.3) is 0 Å². The lowest BCUT2D eigenvalue weighted by Crippen LogP contribution is -2.37. The second-order valence-corrected chi connectivity index (χ2v) is 5.93. The van der Waals surface area contributed by atoms with Crippen LogP contribution in [0.5, 0.6) is 5.75 Å². The largest absolute Gasteiger partial charge is 0.483 e. The first-order valence-corrected chi connectivity index (χ1v) is 8.51. The molecular weight excluding hydrogens is 308 g/mol. The van der Waals surface area contributed by atoms with Gasteiger partial charge in [-0.1, -0.05) is 13.0 Å². The number of halogens is 2. The van der Waals surface area contributed by atoms with Gasteiger partial charge in [-0.15, -0.1) is 11.8 Å². The number of thioether (sulfide) groups is 1. The molecule has 1 heterocycles. The summed E-state index contributed by atoms with van der Waals surface area (Å²) in [7, 11) is 0. The second-order valence-electron chi connectivity index (χ2n) is 5.12. The van der Waals surface area contributed by atoms with Gasteiger partial charge in [-0.05, 0) is 19.6 Å². The quantitative estimate of drug-likeness (QED) is 0.768. The fraction of sp³-hybridized carbons (Fsp3) is 0.438. The van der Waals surface area contributed by atoms with E-state index in [4.69, 9.17) is 4.74 Å². The van der Waals surface area contributed by atoms with Gasteiger partial charge in [-0.2, -0.15) is 0 Å². The van der Waals surface area contributed by atoms with Crippen molar-refractivity contribution in [1.29, 1.82) is 0 Å². The number of ether oxygens (including phenoxy) is 1. The van der Waals surface area contributed by atoms with Crippen molar-refractivity contribution in [2.24, 2.45) is 5.92 Å². The molecule has 0 radical (unpaired) electrons. The summed E-state index contributed by atoms with van der Waals surface area (Å²) in [5.74, 6) is -1.25. The number of nitrogens with zero attached hydrogens (tertiary/aromatic N) is 1. The summed E-state index contributed by atoms with van der Waals surface area (Å²) in [5.41, 5.74) is 0.135. The van der Waals surface area contributed by atoms with E-state index in [-0.39, 0.29) is 23.1 Å². The molecule has 0 saturated heterocycles. The van der Waals surface area contributed by atoms with Crippen LogP contribution < -0.4 is 4.74 Å². The van der Waals surface area contributed by atoms with Gasteiger partial charge in [0, 0.05) is 24.6 Å². The lowest BCUT2D eigenvalue weighted by atomic mass is 9.96. The minimum atomic E-state index is -0.719. The number of rotatable bonds is 5. The van der Waals surface area contributed by atoms with Crippen LogP contribution in [0.2, 0.25) is 0 Å². The fourth-order valence-electron chi connectivity index (χ4n) is 2.45. The van der Waals surface area contributed by atoms with E-state index in [1.54, 1.807) is 13.0 Å². The van der Waals surface area contributed by atoms with E-state index in [0.717, 1.165) is 12.1 Å². The summed E-state index contributed by atoms with van der Waals surface area (Å²) in [6.07, 6.45) is 4.04. The minimum absolute atomic E-state index is 0.110. The molecule has 0 aromatic heterocycles. The van der Waals surface area contributed by atoms with E-state index in [1.807, 2.05) is 13.2 Å². The molecule has 6 heteroatoms. The minimum Gasteiger partial charge on any atom is -0.483 e. The number of benzene rings is 1. The van der Waals surface area contributed by atoms with Crippen LogP contribution in [0.4, 0.5) is 8.78 Å². The Hall–Kier alpha value is -1.56. The molecule has 0 spiro atoms. The Morgan fingerprint density at radius 3 is 2.55 bits per heavy atom. The van der Waals surface area contributed by atoms with E-state index in [2.05, 4.69) is 0 Å². The molecule has 1 atom stereocenters. The van der Waals surface area contributed by atoms with E-state index in [1.165, 1.54) is 16.7 Å². The molecule has 0 fully saturated rings. The summed E-state index contributed by atoms with van der Waals surface area (Å²) in [6.45, 7) is 3.97. The first-order valence-electron chi connectivity index (χ1n) is 7.12. The van der Waals surface area contributed by atoms with Gasteiger partial charge >= 0.3 is 0 Å². The Morgan fingerprint density at radius 2 is 2.00 bits per heavy atom. The highest BCUT2D eigenvalue weighted by atomic mass is 32.2. The summed E-state index contributed by atoms with van der Waals surface area (Å²) >= 11 is 1.41. The zero-order valence-corrected chi connectivity index (χ0v) is 13.7. The van der Waals surface area contributed by atoms with Gasteiger partial charge in [-0.25, -0.2) is 8.78 Å². The molecular formula is C16H19F2NO2S. The molecule has 1 aliphatic rings. The lowest BCUT2D eigenvalue weighted by Gasteiger charge is -2.31. The van der Waals surface area contributed by atoms with Crippen molar-refractivity contribution in [3.8, 4) is 5.75 Å². The van der Waals surface area contributed by atoms with Crippen molar-refractivity contribution < 1.29 is 18.3 Å². The van der Waals surface area contributed by atoms with Gasteiger partial charge in [-0.3, -0.25) is 4.79 Å². The van der Waals surface area contributed by atoms with Gasteiger partial charge in [0.15, 0.2) is 0 Å². The van der Waals surface area contributed by atoms with Crippen LogP contribution in [0.1, 0.15) is 25.8 Å². The van der Waals surface area contributed by atoms with Crippen molar-refractivity contribution in [2.45, 2.75) is 20.3 Å². The Labute approximate surface area is 133 Å².